The zero-order valence-electron chi connectivity index (χ0n) is 15.1. The maximum Gasteiger partial charge on any atom is 0.269 e. The molecule has 0 unspecified atom stereocenters. The van der Waals surface area contributed by atoms with Gasteiger partial charge >= 0.3 is 0 Å². The van der Waals surface area contributed by atoms with Crippen LogP contribution in [0.1, 0.15) is 29.0 Å². The van der Waals surface area contributed by atoms with Crippen LogP contribution in [-0.2, 0) is 11.3 Å². The minimum absolute atomic E-state index is 0.0460. The zero-order valence-corrected chi connectivity index (χ0v) is 15.1. The summed E-state index contributed by atoms with van der Waals surface area (Å²) in [5, 5.41) is 25.5. The first-order chi connectivity index (χ1) is 13.5. The Labute approximate surface area is 162 Å². The van der Waals surface area contributed by atoms with Crippen LogP contribution in [0.3, 0.4) is 0 Å². The molecule has 0 aliphatic rings. The van der Waals surface area contributed by atoms with E-state index in [1.807, 2.05) is 60.7 Å². The monoisotopic (exact) mass is 375 g/mol. The van der Waals surface area contributed by atoms with Crippen LogP contribution >= 0.6 is 0 Å². The number of non-ortho nitro benzene ring substituents is 1. The maximum absolute atomic E-state index is 12.6. The zero-order chi connectivity index (χ0) is 19.9. The smallest absolute Gasteiger partial charge is 0.269 e. The van der Waals surface area contributed by atoms with Crippen molar-refractivity contribution < 1.29 is 14.8 Å². The third kappa shape index (κ3) is 4.73. The molecule has 0 aliphatic carbocycles. The Hall–Kier alpha value is -3.67. The Bertz CT molecular complexity index is 919. The lowest BCUT2D eigenvalue weighted by molar-refractivity contribution is -0.385. The molecule has 0 aromatic heterocycles. The highest BCUT2D eigenvalue weighted by Crippen LogP contribution is 2.28. The average Bonchev–Trinajstić information content (AvgIpc) is 2.72. The Morgan fingerprint density at radius 1 is 0.929 bits per heavy atom. The van der Waals surface area contributed by atoms with Crippen molar-refractivity contribution in [1.29, 1.82) is 0 Å². The standard InChI is InChI=1S/C22H20N2O4/c25-21-12-11-19(24(27)28)13-18(21)15-23-22(26)14-20(16-7-3-1-4-8-16)17-9-5-2-6-10-17/h1-13,20,25H,14-15H2,(H,23,26)/p-1. The third-order valence-electron chi connectivity index (χ3n) is 4.52. The van der Waals surface area contributed by atoms with Crippen LogP contribution in [0.5, 0.6) is 5.75 Å². The van der Waals surface area contributed by atoms with E-state index < -0.39 is 4.92 Å². The van der Waals surface area contributed by atoms with Crippen molar-refractivity contribution in [2.45, 2.75) is 18.9 Å². The van der Waals surface area contributed by atoms with Crippen LogP contribution in [0.25, 0.3) is 0 Å². The van der Waals surface area contributed by atoms with E-state index in [-0.39, 0.29) is 41.8 Å². The number of nitrogens with zero attached hydrogens (tertiary/aromatic N) is 1. The van der Waals surface area contributed by atoms with E-state index in [0.717, 1.165) is 23.3 Å². The first kappa shape index (κ1) is 19.1. The van der Waals surface area contributed by atoms with Crippen LogP contribution in [0.4, 0.5) is 5.69 Å². The summed E-state index contributed by atoms with van der Waals surface area (Å²) in [6, 6.07) is 23.0. The van der Waals surface area contributed by atoms with Crippen molar-refractivity contribution in [3.63, 3.8) is 0 Å². The lowest BCUT2D eigenvalue weighted by Crippen LogP contribution is -2.25. The fourth-order valence-corrected chi connectivity index (χ4v) is 3.07. The largest absolute Gasteiger partial charge is 0.872 e. The van der Waals surface area contributed by atoms with Crippen LogP contribution < -0.4 is 10.4 Å². The fourth-order valence-electron chi connectivity index (χ4n) is 3.07. The summed E-state index contributed by atoms with van der Waals surface area (Å²) in [7, 11) is 0. The van der Waals surface area contributed by atoms with E-state index in [1.54, 1.807) is 0 Å². The number of carbonyl (C=O) groups is 1. The van der Waals surface area contributed by atoms with Gasteiger partial charge in [-0.15, -0.1) is 5.75 Å². The molecule has 3 aromatic carbocycles. The van der Waals surface area contributed by atoms with Gasteiger partial charge in [-0.1, -0.05) is 66.7 Å². The van der Waals surface area contributed by atoms with Gasteiger partial charge in [0, 0.05) is 31.0 Å². The average molecular weight is 375 g/mol. The number of nitro benzene ring substituents is 1. The van der Waals surface area contributed by atoms with Gasteiger partial charge in [0.05, 0.1) is 4.92 Å². The molecular weight excluding hydrogens is 356 g/mol. The van der Waals surface area contributed by atoms with E-state index in [0.29, 0.717) is 0 Å². The number of amides is 1. The van der Waals surface area contributed by atoms with Gasteiger partial charge in [0.1, 0.15) is 0 Å². The molecule has 0 saturated heterocycles. The van der Waals surface area contributed by atoms with Crippen molar-refractivity contribution >= 4 is 11.6 Å². The van der Waals surface area contributed by atoms with Gasteiger partial charge in [0.2, 0.25) is 5.91 Å². The van der Waals surface area contributed by atoms with Gasteiger partial charge in [0.25, 0.3) is 5.69 Å². The minimum Gasteiger partial charge on any atom is -0.872 e. The highest BCUT2D eigenvalue weighted by atomic mass is 16.6. The molecule has 142 valence electrons. The summed E-state index contributed by atoms with van der Waals surface area (Å²) in [5.74, 6) is -0.698. The van der Waals surface area contributed by atoms with Crippen molar-refractivity contribution in [2.24, 2.45) is 0 Å². The van der Waals surface area contributed by atoms with Crippen LogP contribution in [0.2, 0.25) is 0 Å². The highest BCUT2D eigenvalue weighted by molar-refractivity contribution is 5.77. The Kier molecular flexibility index (Phi) is 6.01. The number of nitrogens with one attached hydrogen (secondary N) is 1. The highest BCUT2D eigenvalue weighted by Gasteiger charge is 2.18. The Morgan fingerprint density at radius 2 is 1.50 bits per heavy atom. The minimum atomic E-state index is -0.564. The van der Waals surface area contributed by atoms with Crippen LogP contribution in [0, 0.1) is 10.1 Å². The topological polar surface area (TPSA) is 95.3 Å². The van der Waals surface area contributed by atoms with E-state index >= 15 is 0 Å². The summed E-state index contributed by atoms with van der Waals surface area (Å²) in [5.41, 5.74) is 2.06. The molecule has 0 spiro atoms. The fraction of sp³-hybridized carbons (Fsp3) is 0.136. The number of hydrogen-bond acceptors (Lipinski definition) is 4. The number of nitro groups is 1. The first-order valence-electron chi connectivity index (χ1n) is 8.85. The summed E-state index contributed by atoms with van der Waals surface area (Å²) in [6.45, 7) is -0.0460. The molecule has 0 aliphatic heterocycles. The molecule has 6 nitrogen and oxygen atoms in total. The molecule has 1 N–H and O–H groups in total. The van der Waals surface area contributed by atoms with E-state index in [1.165, 1.54) is 6.07 Å². The summed E-state index contributed by atoms with van der Waals surface area (Å²) in [6.07, 6.45) is 0.205. The summed E-state index contributed by atoms with van der Waals surface area (Å²) in [4.78, 5) is 22.9. The molecule has 0 heterocycles. The van der Waals surface area contributed by atoms with Gasteiger partial charge in [0.15, 0.2) is 0 Å². The molecule has 28 heavy (non-hydrogen) atoms. The molecule has 1 amide bonds. The molecule has 0 atom stereocenters. The summed E-state index contributed by atoms with van der Waals surface area (Å²) >= 11 is 0. The van der Waals surface area contributed by atoms with E-state index in [2.05, 4.69) is 5.32 Å². The molecule has 0 fully saturated rings. The van der Waals surface area contributed by atoms with Crippen LogP contribution in [0.15, 0.2) is 78.9 Å². The van der Waals surface area contributed by atoms with Crippen molar-refractivity contribution in [1.82, 2.24) is 5.32 Å². The van der Waals surface area contributed by atoms with Crippen molar-refractivity contribution in [3.8, 4) is 5.75 Å². The molecule has 6 heteroatoms. The van der Waals surface area contributed by atoms with Gasteiger partial charge in [-0.2, -0.15) is 0 Å². The predicted molar refractivity (Wildman–Crippen MR) is 104 cm³/mol. The maximum atomic E-state index is 12.6. The number of benzene rings is 3. The molecule has 0 radical (unpaired) electrons. The molecule has 3 rings (SSSR count). The second-order valence-corrected chi connectivity index (χ2v) is 6.40. The first-order valence-corrected chi connectivity index (χ1v) is 8.85. The lowest BCUT2D eigenvalue weighted by Gasteiger charge is -2.19. The quantitative estimate of drug-likeness (QED) is 0.505. The second-order valence-electron chi connectivity index (χ2n) is 6.40. The normalized spacial score (nSPS) is 10.6. The predicted octanol–water partition coefficient (Wildman–Crippen LogP) is 3.51. The summed E-state index contributed by atoms with van der Waals surface area (Å²) < 4.78 is 0. The molecule has 0 bridgehead atoms. The third-order valence-corrected chi connectivity index (χ3v) is 4.52. The van der Waals surface area contributed by atoms with Crippen molar-refractivity contribution in [3.05, 3.63) is 106 Å². The van der Waals surface area contributed by atoms with Crippen LogP contribution in [-0.4, -0.2) is 10.8 Å². The number of hydrogen-bond donors (Lipinski definition) is 1. The van der Waals surface area contributed by atoms with E-state index in [4.69, 9.17) is 0 Å². The Balaban J connectivity index is 1.73. The SMILES string of the molecule is O=C(CC(c1ccccc1)c1ccccc1)NCc1cc([N+](=O)[O-])ccc1[O-]. The number of rotatable bonds is 7. The molecular formula is C22H19N2O4-. The number of carbonyl (C=O) groups excluding carboxylic acids is 1. The molecule has 0 saturated carbocycles. The van der Waals surface area contributed by atoms with Gasteiger partial charge in [-0.25, -0.2) is 0 Å². The van der Waals surface area contributed by atoms with Gasteiger partial charge in [-0.3, -0.25) is 14.9 Å². The van der Waals surface area contributed by atoms with E-state index in [9.17, 15) is 20.0 Å². The van der Waals surface area contributed by atoms with Gasteiger partial charge in [-0.05, 0) is 16.7 Å². The Morgan fingerprint density at radius 3 is 2.04 bits per heavy atom. The lowest BCUT2D eigenvalue weighted by atomic mass is 9.88. The second kappa shape index (κ2) is 8.81. The molecule has 3 aromatic rings. The van der Waals surface area contributed by atoms with Crippen molar-refractivity contribution in [2.75, 3.05) is 0 Å². The van der Waals surface area contributed by atoms with Gasteiger partial charge < -0.3 is 10.4 Å².